The van der Waals surface area contributed by atoms with Crippen molar-refractivity contribution in [3.8, 4) is 0 Å². The zero-order valence-corrected chi connectivity index (χ0v) is 16.5. The van der Waals surface area contributed by atoms with Gasteiger partial charge in [-0.1, -0.05) is 6.07 Å². The number of rotatable bonds is 5. The molecule has 2 heterocycles. The lowest BCUT2D eigenvalue weighted by Gasteiger charge is -2.28. The SMILES string of the molecule is Cc1ccc(NC(=O)CC2CCN(C)CC2)cc1S(=O)(=O)N1CCCC1. The largest absolute Gasteiger partial charge is 0.326 e. The van der Waals surface area contributed by atoms with Crippen molar-refractivity contribution in [1.29, 1.82) is 0 Å². The van der Waals surface area contributed by atoms with Crippen molar-refractivity contribution in [3.63, 3.8) is 0 Å². The molecule has 3 rings (SSSR count). The van der Waals surface area contributed by atoms with Gasteiger partial charge in [0.05, 0.1) is 4.90 Å². The highest BCUT2D eigenvalue weighted by atomic mass is 32.2. The zero-order chi connectivity index (χ0) is 18.7. The Balaban J connectivity index is 1.68. The first kappa shape index (κ1) is 19.3. The number of sulfonamides is 1. The Hall–Kier alpha value is -1.44. The van der Waals surface area contributed by atoms with E-state index < -0.39 is 10.0 Å². The maximum atomic E-state index is 12.8. The van der Waals surface area contributed by atoms with E-state index in [0.717, 1.165) is 38.8 Å². The fourth-order valence-electron chi connectivity index (χ4n) is 3.76. The maximum absolute atomic E-state index is 12.8. The molecule has 0 aromatic heterocycles. The minimum Gasteiger partial charge on any atom is -0.326 e. The normalized spacial score (nSPS) is 20.4. The summed E-state index contributed by atoms with van der Waals surface area (Å²) in [7, 11) is -1.38. The summed E-state index contributed by atoms with van der Waals surface area (Å²) < 4.78 is 27.2. The van der Waals surface area contributed by atoms with E-state index in [-0.39, 0.29) is 5.91 Å². The number of aryl methyl sites for hydroxylation is 1. The number of carbonyl (C=O) groups excluding carboxylic acids is 1. The van der Waals surface area contributed by atoms with Gasteiger partial charge in [-0.25, -0.2) is 8.42 Å². The fraction of sp³-hybridized carbons (Fsp3) is 0.632. The predicted octanol–water partition coefficient (Wildman–Crippen LogP) is 2.45. The van der Waals surface area contributed by atoms with Crippen molar-refractivity contribution < 1.29 is 13.2 Å². The molecule has 144 valence electrons. The molecule has 2 aliphatic heterocycles. The van der Waals surface area contributed by atoms with E-state index in [1.807, 2.05) is 0 Å². The van der Waals surface area contributed by atoms with E-state index in [9.17, 15) is 13.2 Å². The summed E-state index contributed by atoms with van der Waals surface area (Å²) in [6, 6.07) is 5.16. The number of hydrogen-bond acceptors (Lipinski definition) is 4. The van der Waals surface area contributed by atoms with Crippen molar-refractivity contribution in [3.05, 3.63) is 23.8 Å². The Kier molecular flexibility index (Phi) is 5.99. The minimum absolute atomic E-state index is 0.0343. The zero-order valence-electron chi connectivity index (χ0n) is 15.7. The predicted molar refractivity (Wildman–Crippen MR) is 103 cm³/mol. The Morgan fingerprint density at radius 1 is 1.15 bits per heavy atom. The number of nitrogens with one attached hydrogen (secondary N) is 1. The summed E-state index contributed by atoms with van der Waals surface area (Å²) >= 11 is 0. The van der Waals surface area contributed by atoms with Crippen molar-refractivity contribution in [2.45, 2.75) is 43.9 Å². The van der Waals surface area contributed by atoms with Gasteiger partial charge in [0.1, 0.15) is 0 Å². The monoisotopic (exact) mass is 379 g/mol. The van der Waals surface area contributed by atoms with Gasteiger partial charge in [0.15, 0.2) is 0 Å². The van der Waals surface area contributed by atoms with Crippen LogP contribution >= 0.6 is 0 Å². The summed E-state index contributed by atoms with van der Waals surface area (Å²) in [5.74, 6) is 0.373. The molecule has 0 atom stereocenters. The van der Waals surface area contributed by atoms with Gasteiger partial charge in [-0.3, -0.25) is 4.79 Å². The second-order valence-corrected chi connectivity index (χ2v) is 9.50. The van der Waals surface area contributed by atoms with Crippen LogP contribution in [0.3, 0.4) is 0 Å². The van der Waals surface area contributed by atoms with Crippen molar-refractivity contribution in [2.24, 2.45) is 5.92 Å². The molecule has 2 aliphatic rings. The van der Waals surface area contributed by atoms with Gasteiger partial charge in [-0.2, -0.15) is 4.31 Å². The standard InChI is InChI=1S/C19H29N3O3S/c1-15-5-6-17(14-18(15)26(24,25)22-9-3-4-10-22)20-19(23)13-16-7-11-21(2)12-8-16/h5-6,14,16H,3-4,7-13H2,1-2H3,(H,20,23). The minimum atomic E-state index is -3.48. The molecule has 1 N–H and O–H groups in total. The Morgan fingerprint density at radius 3 is 2.46 bits per heavy atom. The van der Waals surface area contributed by atoms with Crippen molar-refractivity contribution in [1.82, 2.24) is 9.21 Å². The van der Waals surface area contributed by atoms with E-state index in [1.54, 1.807) is 29.4 Å². The maximum Gasteiger partial charge on any atom is 0.243 e. The van der Waals surface area contributed by atoms with E-state index in [4.69, 9.17) is 0 Å². The average Bonchev–Trinajstić information content (AvgIpc) is 3.14. The van der Waals surface area contributed by atoms with Crippen molar-refractivity contribution >= 4 is 21.6 Å². The first-order valence-corrected chi connectivity index (χ1v) is 10.9. The van der Waals surface area contributed by atoms with Crippen LogP contribution in [-0.2, 0) is 14.8 Å². The molecule has 0 unspecified atom stereocenters. The molecule has 1 aromatic carbocycles. The van der Waals surface area contributed by atoms with Gasteiger partial charge in [-0.15, -0.1) is 0 Å². The van der Waals surface area contributed by atoms with E-state index in [0.29, 0.717) is 41.6 Å². The highest BCUT2D eigenvalue weighted by Crippen LogP contribution is 2.27. The molecule has 0 saturated carbocycles. The van der Waals surface area contributed by atoms with Crippen LogP contribution in [0.2, 0.25) is 0 Å². The second-order valence-electron chi connectivity index (χ2n) is 7.59. The van der Waals surface area contributed by atoms with Crippen LogP contribution in [0.25, 0.3) is 0 Å². The Morgan fingerprint density at radius 2 is 1.81 bits per heavy atom. The molecule has 1 aromatic rings. The molecule has 7 heteroatoms. The lowest BCUT2D eigenvalue weighted by Crippen LogP contribution is -2.32. The van der Waals surface area contributed by atoms with Gasteiger partial charge >= 0.3 is 0 Å². The van der Waals surface area contributed by atoms with Crippen LogP contribution in [0.15, 0.2) is 23.1 Å². The molecule has 0 radical (unpaired) electrons. The first-order chi connectivity index (χ1) is 12.4. The Bertz CT molecular complexity index is 749. The molecule has 26 heavy (non-hydrogen) atoms. The summed E-state index contributed by atoms with van der Waals surface area (Å²) in [4.78, 5) is 15.0. The lowest BCUT2D eigenvalue weighted by molar-refractivity contribution is -0.117. The molecule has 0 spiro atoms. The summed E-state index contributed by atoms with van der Waals surface area (Å²) in [5, 5.41) is 2.90. The molecule has 2 saturated heterocycles. The van der Waals surface area contributed by atoms with Crippen LogP contribution in [0.5, 0.6) is 0 Å². The van der Waals surface area contributed by atoms with Crippen LogP contribution in [0.4, 0.5) is 5.69 Å². The molecule has 2 fully saturated rings. The third kappa shape index (κ3) is 4.45. The van der Waals surface area contributed by atoms with Gasteiger partial charge in [0.2, 0.25) is 15.9 Å². The highest BCUT2D eigenvalue weighted by Gasteiger charge is 2.29. The van der Waals surface area contributed by atoms with Crippen LogP contribution in [0.1, 0.15) is 37.7 Å². The molecule has 6 nitrogen and oxygen atoms in total. The number of anilines is 1. The number of piperidine rings is 1. The van der Waals surface area contributed by atoms with Gasteiger partial charge < -0.3 is 10.2 Å². The van der Waals surface area contributed by atoms with Crippen LogP contribution in [-0.4, -0.2) is 56.8 Å². The highest BCUT2D eigenvalue weighted by molar-refractivity contribution is 7.89. The first-order valence-electron chi connectivity index (χ1n) is 9.45. The van der Waals surface area contributed by atoms with E-state index in [2.05, 4.69) is 17.3 Å². The second kappa shape index (κ2) is 8.06. The third-order valence-corrected chi connectivity index (χ3v) is 7.51. The quantitative estimate of drug-likeness (QED) is 0.853. The summed E-state index contributed by atoms with van der Waals surface area (Å²) in [6.45, 7) is 5.01. The molecule has 0 aliphatic carbocycles. The third-order valence-electron chi connectivity index (χ3n) is 5.47. The smallest absolute Gasteiger partial charge is 0.243 e. The van der Waals surface area contributed by atoms with E-state index >= 15 is 0 Å². The van der Waals surface area contributed by atoms with Gasteiger partial charge in [0, 0.05) is 25.2 Å². The summed E-state index contributed by atoms with van der Waals surface area (Å²) in [5.41, 5.74) is 1.27. The van der Waals surface area contributed by atoms with Gasteiger partial charge in [-0.05, 0) is 76.4 Å². The molecular weight excluding hydrogens is 350 g/mol. The number of amides is 1. The number of benzene rings is 1. The number of likely N-dealkylation sites (tertiary alicyclic amines) is 1. The summed E-state index contributed by atoms with van der Waals surface area (Å²) in [6.07, 6.45) is 4.38. The average molecular weight is 380 g/mol. The van der Waals surface area contributed by atoms with Crippen LogP contribution in [0, 0.1) is 12.8 Å². The number of carbonyl (C=O) groups is 1. The molecule has 0 bridgehead atoms. The fourth-order valence-corrected chi connectivity index (χ4v) is 5.53. The number of hydrogen-bond donors (Lipinski definition) is 1. The van der Waals surface area contributed by atoms with E-state index in [1.165, 1.54) is 0 Å². The topological polar surface area (TPSA) is 69.7 Å². The molecule has 1 amide bonds. The lowest BCUT2D eigenvalue weighted by atomic mass is 9.93. The van der Waals surface area contributed by atoms with Crippen molar-refractivity contribution in [2.75, 3.05) is 38.5 Å². The van der Waals surface area contributed by atoms with Gasteiger partial charge in [0.25, 0.3) is 0 Å². The number of nitrogens with zero attached hydrogens (tertiary/aromatic N) is 2. The molecular formula is C19H29N3O3S. The Labute approximate surface area is 156 Å². The van der Waals surface area contributed by atoms with Crippen LogP contribution < -0.4 is 5.32 Å².